The van der Waals surface area contributed by atoms with Crippen LogP contribution in [0, 0.1) is 6.92 Å². The third-order valence-electron chi connectivity index (χ3n) is 2.62. The van der Waals surface area contributed by atoms with Crippen LogP contribution >= 0.6 is 15.9 Å². The molecule has 1 aromatic carbocycles. The Morgan fingerprint density at radius 1 is 1.47 bits per heavy atom. The van der Waals surface area contributed by atoms with Gasteiger partial charge in [-0.1, -0.05) is 11.6 Å². The number of amides is 1. The Morgan fingerprint density at radius 3 is 2.82 bits per heavy atom. The van der Waals surface area contributed by atoms with E-state index in [-0.39, 0.29) is 5.91 Å². The van der Waals surface area contributed by atoms with Crippen molar-refractivity contribution in [3.63, 3.8) is 0 Å². The molecule has 0 aromatic heterocycles. The summed E-state index contributed by atoms with van der Waals surface area (Å²) in [5, 5.41) is 3.08. The Morgan fingerprint density at radius 2 is 2.18 bits per heavy atom. The molecule has 0 aliphatic heterocycles. The number of carbonyl (C=O) groups excluding carboxylic acids is 1. The minimum absolute atomic E-state index is 0.0664. The Bertz CT molecular complexity index is 393. The number of halogens is 1. The van der Waals surface area contributed by atoms with Gasteiger partial charge in [-0.15, -0.1) is 0 Å². The van der Waals surface area contributed by atoms with Gasteiger partial charge in [0.1, 0.15) is 0 Å². The minimum atomic E-state index is 0.0664. The molecule has 0 atom stereocenters. The van der Waals surface area contributed by atoms with E-state index in [1.165, 1.54) is 0 Å². The summed E-state index contributed by atoms with van der Waals surface area (Å²) >= 11 is 3.42. The average molecular weight is 299 g/mol. The number of nitrogens with one attached hydrogen (secondary N) is 1. The summed E-state index contributed by atoms with van der Waals surface area (Å²) in [7, 11) is 3.76. The van der Waals surface area contributed by atoms with Crippen LogP contribution in [0.1, 0.15) is 22.3 Å². The molecule has 0 unspecified atom stereocenters. The Hall–Kier alpha value is -0.870. The van der Waals surface area contributed by atoms with E-state index >= 15 is 0 Å². The molecule has 0 aliphatic rings. The fourth-order valence-corrected chi connectivity index (χ4v) is 2.02. The highest BCUT2D eigenvalue weighted by Gasteiger charge is 2.14. The lowest BCUT2D eigenvalue weighted by molar-refractivity contribution is 0.0793. The summed E-state index contributed by atoms with van der Waals surface area (Å²) in [6, 6.07) is 5.83. The van der Waals surface area contributed by atoms with Crippen molar-refractivity contribution in [2.75, 3.05) is 27.2 Å². The molecule has 0 radical (unpaired) electrons. The molecule has 1 amide bonds. The van der Waals surface area contributed by atoms with Gasteiger partial charge in [0.25, 0.3) is 5.91 Å². The smallest absolute Gasteiger partial charge is 0.254 e. The van der Waals surface area contributed by atoms with Crippen molar-refractivity contribution in [3.8, 4) is 0 Å². The molecule has 3 nitrogen and oxygen atoms in total. The SMILES string of the molecule is CNCCCN(C)C(=O)c1cc(C)ccc1Br. The fourth-order valence-electron chi connectivity index (χ4n) is 1.60. The summed E-state index contributed by atoms with van der Waals surface area (Å²) in [6.07, 6.45) is 0.960. The lowest BCUT2D eigenvalue weighted by atomic mass is 10.1. The zero-order valence-electron chi connectivity index (χ0n) is 10.6. The first kappa shape index (κ1) is 14.2. The Kier molecular flexibility index (Phi) is 5.65. The summed E-state index contributed by atoms with van der Waals surface area (Å²) in [4.78, 5) is 13.9. The molecule has 94 valence electrons. The van der Waals surface area contributed by atoms with Gasteiger partial charge in [-0.25, -0.2) is 0 Å². The van der Waals surface area contributed by atoms with Crippen LogP contribution < -0.4 is 5.32 Å². The molecular formula is C13H19BrN2O. The largest absolute Gasteiger partial charge is 0.342 e. The van der Waals surface area contributed by atoms with Crippen LogP contribution in [0.2, 0.25) is 0 Å². The maximum Gasteiger partial charge on any atom is 0.254 e. The molecule has 0 heterocycles. The molecule has 1 aromatic rings. The van der Waals surface area contributed by atoms with E-state index in [1.54, 1.807) is 4.90 Å². The third kappa shape index (κ3) is 4.13. The van der Waals surface area contributed by atoms with Gasteiger partial charge < -0.3 is 10.2 Å². The molecule has 0 aliphatic carbocycles. The number of nitrogens with zero attached hydrogens (tertiary/aromatic N) is 1. The molecule has 0 saturated heterocycles. The molecule has 0 saturated carbocycles. The molecule has 1 rings (SSSR count). The molecule has 1 N–H and O–H groups in total. The highest BCUT2D eigenvalue weighted by Crippen LogP contribution is 2.19. The lowest BCUT2D eigenvalue weighted by Crippen LogP contribution is -2.29. The molecule has 4 heteroatoms. The van der Waals surface area contributed by atoms with Crippen molar-refractivity contribution in [1.29, 1.82) is 0 Å². The topological polar surface area (TPSA) is 32.3 Å². The van der Waals surface area contributed by atoms with Gasteiger partial charge in [0, 0.05) is 18.1 Å². The van der Waals surface area contributed by atoms with Crippen LogP contribution in [-0.2, 0) is 0 Å². The predicted octanol–water partition coefficient (Wildman–Crippen LogP) is 2.44. The Labute approximate surface area is 111 Å². The first-order valence-electron chi connectivity index (χ1n) is 5.72. The zero-order valence-corrected chi connectivity index (χ0v) is 12.2. The summed E-state index contributed by atoms with van der Waals surface area (Å²) < 4.78 is 0.855. The zero-order chi connectivity index (χ0) is 12.8. The predicted molar refractivity (Wildman–Crippen MR) is 74.4 cm³/mol. The maximum absolute atomic E-state index is 12.2. The summed E-state index contributed by atoms with van der Waals surface area (Å²) in [6.45, 7) is 3.68. The van der Waals surface area contributed by atoms with Crippen LogP contribution in [0.25, 0.3) is 0 Å². The van der Waals surface area contributed by atoms with Crippen molar-refractivity contribution in [2.45, 2.75) is 13.3 Å². The van der Waals surface area contributed by atoms with Crippen LogP contribution in [0.5, 0.6) is 0 Å². The van der Waals surface area contributed by atoms with Crippen molar-refractivity contribution in [1.82, 2.24) is 10.2 Å². The van der Waals surface area contributed by atoms with Crippen molar-refractivity contribution in [3.05, 3.63) is 33.8 Å². The molecule has 0 fully saturated rings. The van der Waals surface area contributed by atoms with Crippen molar-refractivity contribution in [2.24, 2.45) is 0 Å². The number of hydrogen-bond donors (Lipinski definition) is 1. The number of hydrogen-bond acceptors (Lipinski definition) is 2. The standard InChI is InChI=1S/C13H19BrN2O/c1-10-5-6-12(14)11(9-10)13(17)16(3)8-4-7-15-2/h5-6,9,15H,4,7-8H2,1-3H3. The van der Waals surface area contributed by atoms with E-state index in [4.69, 9.17) is 0 Å². The van der Waals surface area contributed by atoms with Gasteiger partial charge in [0.2, 0.25) is 0 Å². The second kappa shape index (κ2) is 6.77. The third-order valence-corrected chi connectivity index (χ3v) is 3.31. The van der Waals surface area contributed by atoms with Crippen LogP contribution in [-0.4, -0.2) is 38.0 Å². The number of aryl methyl sites for hydroxylation is 1. The van der Waals surface area contributed by atoms with E-state index < -0.39 is 0 Å². The average Bonchev–Trinajstić information content (AvgIpc) is 2.31. The highest BCUT2D eigenvalue weighted by molar-refractivity contribution is 9.10. The number of carbonyl (C=O) groups is 1. The monoisotopic (exact) mass is 298 g/mol. The lowest BCUT2D eigenvalue weighted by Gasteiger charge is -2.18. The van der Waals surface area contributed by atoms with E-state index in [0.29, 0.717) is 0 Å². The fraction of sp³-hybridized carbons (Fsp3) is 0.462. The molecule has 0 bridgehead atoms. The van der Waals surface area contributed by atoms with E-state index in [9.17, 15) is 4.79 Å². The van der Waals surface area contributed by atoms with E-state index in [2.05, 4.69) is 21.2 Å². The van der Waals surface area contributed by atoms with Crippen LogP contribution in [0.15, 0.2) is 22.7 Å². The van der Waals surface area contributed by atoms with Gasteiger partial charge in [-0.3, -0.25) is 4.79 Å². The van der Waals surface area contributed by atoms with E-state index in [1.807, 2.05) is 39.2 Å². The number of rotatable bonds is 5. The summed E-state index contributed by atoms with van der Waals surface area (Å²) in [5.41, 5.74) is 1.83. The minimum Gasteiger partial charge on any atom is -0.342 e. The van der Waals surface area contributed by atoms with Gasteiger partial charge in [0.05, 0.1) is 5.56 Å². The molecule has 17 heavy (non-hydrogen) atoms. The van der Waals surface area contributed by atoms with Crippen molar-refractivity contribution < 1.29 is 4.79 Å². The van der Waals surface area contributed by atoms with Gasteiger partial charge >= 0.3 is 0 Å². The first-order valence-corrected chi connectivity index (χ1v) is 6.51. The van der Waals surface area contributed by atoms with Crippen LogP contribution in [0.3, 0.4) is 0 Å². The quantitative estimate of drug-likeness (QED) is 0.847. The van der Waals surface area contributed by atoms with Crippen molar-refractivity contribution >= 4 is 21.8 Å². The Balaban J connectivity index is 2.71. The summed E-state index contributed by atoms with van der Waals surface area (Å²) in [5.74, 6) is 0.0664. The van der Waals surface area contributed by atoms with Gasteiger partial charge in [-0.2, -0.15) is 0 Å². The van der Waals surface area contributed by atoms with E-state index in [0.717, 1.165) is 35.1 Å². The van der Waals surface area contributed by atoms with Crippen LogP contribution in [0.4, 0.5) is 0 Å². The van der Waals surface area contributed by atoms with Gasteiger partial charge in [-0.05, 0) is 55.0 Å². The second-order valence-electron chi connectivity index (χ2n) is 4.17. The normalized spacial score (nSPS) is 10.4. The van der Waals surface area contributed by atoms with Gasteiger partial charge in [0.15, 0.2) is 0 Å². The first-order chi connectivity index (χ1) is 8.06. The second-order valence-corrected chi connectivity index (χ2v) is 5.02. The maximum atomic E-state index is 12.2. The highest BCUT2D eigenvalue weighted by atomic mass is 79.9. The molecule has 0 spiro atoms. The number of benzene rings is 1. The molecular weight excluding hydrogens is 280 g/mol.